The summed E-state index contributed by atoms with van der Waals surface area (Å²) in [5.41, 5.74) is 1.02. The Hall–Kier alpha value is -1.48. The maximum atomic E-state index is 11.4. The van der Waals surface area contributed by atoms with Crippen molar-refractivity contribution in [1.82, 2.24) is 5.32 Å². The number of hydrogen-bond acceptors (Lipinski definition) is 2. The fraction of sp³-hybridized carbons (Fsp3) is 0.100. The third-order valence-electron chi connectivity index (χ3n) is 2.04. The van der Waals surface area contributed by atoms with Gasteiger partial charge < -0.3 is 9.73 Å². The van der Waals surface area contributed by atoms with Gasteiger partial charge >= 0.3 is 0 Å². The lowest BCUT2D eigenvalue weighted by Crippen LogP contribution is -2.17. The second-order valence-electron chi connectivity index (χ2n) is 2.84. The van der Waals surface area contributed by atoms with Crippen LogP contribution >= 0.6 is 11.6 Å². The van der Waals surface area contributed by atoms with E-state index in [1.807, 2.05) is 0 Å². The molecular weight excluding hydrogens is 202 g/mol. The Morgan fingerprint density at radius 1 is 1.43 bits per heavy atom. The molecule has 1 heterocycles. The smallest absolute Gasteiger partial charge is 0.254 e. The Balaban J connectivity index is 2.72. The van der Waals surface area contributed by atoms with E-state index in [0.29, 0.717) is 16.2 Å². The topological polar surface area (TPSA) is 42.2 Å². The van der Waals surface area contributed by atoms with Crippen molar-refractivity contribution in [3.63, 3.8) is 0 Å². The van der Waals surface area contributed by atoms with E-state index < -0.39 is 0 Å². The van der Waals surface area contributed by atoms with Gasteiger partial charge in [-0.15, -0.1) is 0 Å². The summed E-state index contributed by atoms with van der Waals surface area (Å²) in [7, 11) is 1.58. The predicted molar refractivity (Wildman–Crippen MR) is 54.6 cm³/mol. The van der Waals surface area contributed by atoms with Crippen LogP contribution in [0.5, 0.6) is 0 Å². The van der Waals surface area contributed by atoms with Gasteiger partial charge in [0.2, 0.25) is 0 Å². The van der Waals surface area contributed by atoms with Crippen LogP contribution in [0.3, 0.4) is 0 Å². The largest absolute Gasteiger partial charge is 0.463 e. The third kappa shape index (κ3) is 1.26. The second-order valence-corrected chi connectivity index (χ2v) is 3.24. The zero-order valence-electron chi connectivity index (χ0n) is 7.50. The van der Waals surface area contributed by atoms with E-state index in [9.17, 15) is 4.79 Å². The molecule has 0 saturated carbocycles. The van der Waals surface area contributed by atoms with Crippen LogP contribution in [0.15, 0.2) is 28.9 Å². The van der Waals surface area contributed by atoms with Crippen molar-refractivity contribution in [2.24, 2.45) is 0 Å². The van der Waals surface area contributed by atoms with Crippen LogP contribution in [-0.4, -0.2) is 13.0 Å². The van der Waals surface area contributed by atoms with Crippen LogP contribution < -0.4 is 5.32 Å². The Labute approximate surface area is 85.7 Å². The van der Waals surface area contributed by atoms with Gasteiger partial charge in [0.1, 0.15) is 5.58 Å². The van der Waals surface area contributed by atoms with Crippen LogP contribution in [0.2, 0.25) is 5.02 Å². The number of benzene rings is 1. The lowest BCUT2D eigenvalue weighted by molar-refractivity contribution is 0.0964. The Morgan fingerprint density at radius 2 is 2.21 bits per heavy atom. The van der Waals surface area contributed by atoms with Crippen molar-refractivity contribution in [2.75, 3.05) is 7.05 Å². The summed E-state index contributed by atoms with van der Waals surface area (Å²) in [5, 5.41) is 3.88. The number of fused-ring (bicyclic) bond motifs is 1. The van der Waals surface area contributed by atoms with Crippen LogP contribution in [0.4, 0.5) is 0 Å². The summed E-state index contributed by atoms with van der Waals surface area (Å²) in [6.45, 7) is 0. The monoisotopic (exact) mass is 209 g/mol. The number of nitrogens with one attached hydrogen (secondary N) is 1. The molecule has 0 aliphatic heterocycles. The molecule has 0 spiro atoms. The predicted octanol–water partition coefficient (Wildman–Crippen LogP) is 2.45. The highest BCUT2D eigenvalue weighted by Gasteiger charge is 2.12. The molecule has 2 aromatic rings. The first-order chi connectivity index (χ1) is 6.74. The first-order valence-electron chi connectivity index (χ1n) is 4.12. The molecule has 0 atom stereocenters. The molecule has 1 aromatic carbocycles. The van der Waals surface area contributed by atoms with Crippen molar-refractivity contribution in [1.29, 1.82) is 0 Å². The number of hydrogen-bond donors (Lipinski definition) is 1. The lowest BCUT2D eigenvalue weighted by Gasteiger charge is -2.01. The second kappa shape index (κ2) is 3.35. The molecular formula is C10H8ClNO2. The van der Waals surface area contributed by atoms with Crippen molar-refractivity contribution in [3.05, 3.63) is 35.0 Å². The summed E-state index contributed by atoms with van der Waals surface area (Å²) in [5.74, 6) is -0.179. The summed E-state index contributed by atoms with van der Waals surface area (Å²) < 4.78 is 5.21. The molecule has 0 bridgehead atoms. The van der Waals surface area contributed by atoms with E-state index in [2.05, 4.69) is 5.32 Å². The average Bonchev–Trinajstić information content (AvgIpc) is 2.67. The minimum absolute atomic E-state index is 0.179. The molecule has 0 aliphatic rings. The zero-order chi connectivity index (χ0) is 10.1. The lowest BCUT2D eigenvalue weighted by atomic mass is 10.1. The van der Waals surface area contributed by atoms with E-state index in [1.165, 1.54) is 6.26 Å². The SMILES string of the molecule is CNC(=O)c1ccc(Cl)c2ccoc12. The first-order valence-corrected chi connectivity index (χ1v) is 4.49. The fourth-order valence-corrected chi connectivity index (χ4v) is 1.55. The molecule has 0 saturated heterocycles. The zero-order valence-corrected chi connectivity index (χ0v) is 8.26. The quantitative estimate of drug-likeness (QED) is 0.784. The van der Waals surface area contributed by atoms with E-state index >= 15 is 0 Å². The van der Waals surface area contributed by atoms with Crippen molar-refractivity contribution < 1.29 is 9.21 Å². The molecule has 1 N–H and O–H groups in total. The highest BCUT2D eigenvalue weighted by Crippen LogP contribution is 2.27. The Morgan fingerprint density at radius 3 is 2.93 bits per heavy atom. The summed E-state index contributed by atoms with van der Waals surface area (Å²) >= 11 is 5.93. The molecule has 0 fully saturated rings. The van der Waals surface area contributed by atoms with Gasteiger partial charge in [-0.2, -0.15) is 0 Å². The van der Waals surface area contributed by atoms with Gasteiger partial charge in [0.25, 0.3) is 5.91 Å². The maximum absolute atomic E-state index is 11.4. The van der Waals surface area contributed by atoms with Crippen molar-refractivity contribution >= 4 is 28.5 Å². The number of halogens is 1. The molecule has 2 rings (SSSR count). The molecule has 4 heteroatoms. The molecule has 14 heavy (non-hydrogen) atoms. The maximum Gasteiger partial charge on any atom is 0.254 e. The van der Waals surface area contributed by atoms with Gasteiger partial charge in [-0.3, -0.25) is 4.79 Å². The van der Waals surface area contributed by atoms with Crippen molar-refractivity contribution in [2.45, 2.75) is 0 Å². The number of furan rings is 1. The third-order valence-corrected chi connectivity index (χ3v) is 2.36. The van der Waals surface area contributed by atoms with Crippen molar-refractivity contribution in [3.8, 4) is 0 Å². The van der Waals surface area contributed by atoms with Gasteiger partial charge in [0.15, 0.2) is 0 Å². The number of carbonyl (C=O) groups excluding carboxylic acids is 1. The number of rotatable bonds is 1. The standard InChI is InChI=1S/C10H8ClNO2/c1-12-10(13)7-2-3-8(11)6-4-5-14-9(6)7/h2-5H,1H3,(H,12,13). The Bertz CT molecular complexity index is 490. The molecule has 0 radical (unpaired) electrons. The Kier molecular flexibility index (Phi) is 2.17. The van der Waals surface area contributed by atoms with Gasteiger partial charge in [0, 0.05) is 12.4 Å². The molecule has 1 amide bonds. The van der Waals surface area contributed by atoms with Gasteiger partial charge in [-0.1, -0.05) is 11.6 Å². The number of amides is 1. The average molecular weight is 210 g/mol. The summed E-state index contributed by atoms with van der Waals surface area (Å²) in [4.78, 5) is 11.4. The number of carbonyl (C=O) groups is 1. The molecule has 3 nitrogen and oxygen atoms in total. The van der Waals surface area contributed by atoms with E-state index in [4.69, 9.17) is 16.0 Å². The van der Waals surface area contributed by atoms with E-state index in [-0.39, 0.29) is 5.91 Å². The highest BCUT2D eigenvalue weighted by atomic mass is 35.5. The minimum Gasteiger partial charge on any atom is -0.463 e. The summed E-state index contributed by atoms with van der Waals surface area (Å²) in [6.07, 6.45) is 1.52. The molecule has 0 aliphatic carbocycles. The van der Waals surface area contributed by atoms with Crippen LogP contribution in [0, 0.1) is 0 Å². The van der Waals surface area contributed by atoms with E-state index in [1.54, 1.807) is 25.2 Å². The van der Waals surface area contributed by atoms with Gasteiger partial charge in [0.05, 0.1) is 16.8 Å². The highest BCUT2D eigenvalue weighted by molar-refractivity contribution is 6.35. The molecule has 1 aromatic heterocycles. The van der Waals surface area contributed by atoms with E-state index in [0.717, 1.165) is 5.39 Å². The van der Waals surface area contributed by atoms with Gasteiger partial charge in [-0.25, -0.2) is 0 Å². The van der Waals surface area contributed by atoms with Crippen LogP contribution in [0.25, 0.3) is 11.0 Å². The normalized spacial score (nSPS) is 10.4. The van der Waals surface area contributed by atoms with Crippen LogP contribution in [-0.2, 0) is 0 Å². The first kappa shape index (κ1) is 9.09. The summed E-state index contributed by atoms with van der Waals surface area (Å²) in [6, 6.07) is 5.07. The fourth-order valence-electron chi connectivity index (χ4n) is 1.34. The van der Waals surface area contributed by atoms with Gasteiger partial charge in [-0.05, 0) is 18.2 Å². The van der Waals surface area contributed by atoms with Crippen LogP contribution in [0.1, 0.15) is 10.4 Å². The minimum atomic E-state index is -0.179. The molecule has 0 unspecified atom stereocenters. The molecule has 72 valence electrons.